The molecule has 0 aliphatic rings. The molecule has 0 unspecified atom stereocenters. The van der Waals surface area contributed by atoms with Gasteiger partial charge in [-0.3, -0.25) is 0 Å². The molecule has 2 N–H and O–H groups in total. The van der Waals surface area contributed by atoms with Gasteiger partial charge in [-0.05, 0) is 12.3 Å². The minimum absolute atomic E-state index is 0.211. The second-order valence-corrected chi connectivity index (χ2v) is 7.13. The molecular formula is C20H42O3. The van der Waals surface area contributed by atoms with Gasteiger partial charge in [0.05, 0.1) is 13.2 Å². The van der Waals surface area contributed by atoms with E-state index in [0.717, 1.165) is 12.3 Å². The molecule has 0 radical (unpaired) electrons. The largest absolute Gasteiger partial charge is 0.394 e. The maximum Gasteiger partial charge on any atom is 0.100 e. The Balaban J connectivity index is 3.12. The van der Waals surface area contributed by atoms with Gasteiger partial charge in [0.1, 0.15) is 6.10 Å². The van der Waals surface area contributed by atoms with Crippen molar-refractivity contribution in [1.82, 2.24) is 0 Å². The van der Waals surface area contributed by atoms with Crippen LogP contribution in [0.5, 0.6) is 0 Å². The molecule has 0 fully saturated rings. The molecule has 0 spiro atoms. The molecule has 140 valence electrons. The predicted molar refractivity (Wildman–Crippen MR) is 98.8 cm³/mol. The SMILES string of the molecule is CCCCCC[C@H](C)CCCCCCCCCOC[C@@H](O)CO. The first-order chi connectivity index (χ1) is 11.2. The summed E-state index contributed by atoms with van der Waals surface area (Å²) >= 11 is 0. The fourth-order valence-electron chi connectivity index (χ4n) is 2.92. The van der Waals surface area contributed by atoms with Crippen molar-refractivity contribution < 1.29 is 14.9 Å². The van der Waals surface area contributed by atoms with Gasteiger partial charge in [-0.1, -0.05) is 90.9 Å². The molecule has 0 bridgehead atoms. The molecule has 0 aromatic carbocycles. The molecule has 23 heavy (non-hydrogen) atoms. The second kappa shape index (κ2) is 18.2. The average Bonchev–Trinajstić information content (AvgIpc) is 2.56. The molecule has 0 saturated carbocycles. The maximum absolute atomic E-state index is 9.12. The van der Waals surface area contributed by atoms with E-state index >= 15 is 0 Å². The van der Waals surface area contributed by atoms with Crippen LogP contribution in [0.25, 0.3) is 0 Å². The van der Waals surface area contributed by atoms with Gasteiger partial charge in [-0.15, -0.1) is 0 Å². The van der Waals surface area contributed by atoms with E-state index in [1.807, 2.05) is 0 Å². The van der Waals surface area contributed by atoms with E-state index in [1.165, 1.54) is 77.0 Å². The van der Waals surface area contributed by atoms with Gasteiger partial charge in [0.25, 0.3) is 0 Å². The van der Waals surface area contributed by atoms with Crippen molar-refractivity contribution in [3.05, 3.63) is 0 Å². The summed E-state index contributed by atoms with van der Waals surface area (Å²) in [6, 6.07) is 0. The zero-order valence-electron chi connectivity index (χ0n) is 15.8. The van der Waals surface area contributed by atoms with E-state index in [4.69, 9.17) is 14.9 Å². The van der Waals surface area contributed by atoms with Gasteiger partial charge in [0.2, 0.25) is 0 Å². The van der Waals surface area contributed by atoms with Crippen LogP contribution in [0.3, 0.4) is 0 Å². The number of rotatable bonds is 18. The molecule has 0 aromatic heterocycles. The van der Waals surface area contributed by atoms with Crippen molar-refractivity contribution >= 4 is 0 Å². The average molecular weight is 331 g/mol. The number of hydrogen-bond donors (Lipinski definition) is 2. The van der Waals surface area contributed by atoms with Crippen molar-refractivity contribution in [2.75, 3.05) is 19.8 Å². The van der Waals surface area contributed by atoms with Crippen LogP contribution >= 0.6 is 0 Å². The fraction of sp³-hybridized carbons (Fsp3) is 1.00. The molecule has 0 heterocycles. The Labute approximate surface area is 144 Å². The van der Waals surface area contributed by atoms with Gasteiger partial charge in [0, 0.05) is 6.61 Å². The first-order valence-corrected chi connectivity index (χ1v) is 10.1. The topological polar surface area (TPSA) is 49.7 Å². The van der Waals surface area contributed by atoms with E-state index in [9.17, 15) is 0 Å². The van der Waals surface area contributed by atoms with E-state index in [2.05, 4.69) is 13.8 Å². The summed E-state index contributed by atoms with van der Waals surface area (Å²) in [5.41, 5.74) is 0. The molecule has 3 nitrogen and oxygen atoms in total. The van der Waals surface area contributed by atoms with Crippen LogP contribution in [0.15, 0.2) is 0 Å². The summed E-state index contributed by atoms with van der Waals surface area (Å²) in [4.78, 5) is 0. The zero-order valence-corrected chi connectivity index (χ0v) is 15.8. The molecular weight excluding hydrogens is 288 g/mol. The lowest BCUT2D eigenvalue weighted by Crippen LogP contribution is -2.19. The highest BCUT2D eigenvalue weighted by Crippen LogP contribution is 2.18. The van der Waals surface area contributed by atoms with Crippen molar-refractivity contribution in [2.24, 2.45) is 5.92 Å². The number of aliphatic hydroxyl groups is 2. The Morgan fingerprint density at radius 3 is 1.87 bits per heavy atom. The Bertz CT molecular complexity index is 221. The molecule has 0 aliphatic heterocycles. The van der Waals surface area contributed by atoms with E-state index in [-0.39, 0.29) is 13.2 Å². The van der Waals surface area contributed by atoms with Gasteiger partial charge < -0.3 is 14.9 Å². The van der Waals surface area contributed by atoms with Crippen LogP contribution in [0.4, 0.5) is 0 Å². The summed E-state index contributed by atoms with van der Waals surface area (Å²) in [6.07, 6.45) is 16.8. The number of unbranched alkanes of at least 4 members (excludes halogenated alkanes) is 9. The molecule has 0 aromatic rings. The third-order valence-electron chi connectivity index (χ3n) is 4.56. The first-order valence-electron chi connectivity index (χ1n) is 10.1. The maximum atomic E-state index is 9.12. The van der Waals surface area contributed by atoms with E-state index in [1.54, 1.807) is 0 Å². The number of ether oxygens (including phenoxy) is 1. The monoisotopic (exact) mass is 330 g/mol. The van der Waals surface area contributed by atoms with Crippen LogP contribution < -0.4 is 0 Å². The number of aliphatic hydroxyl groups excluding tert-OH is 2. The van der Waals surface area contributed by atoms with E-state index < -0.39 is 6.10 Å². The Kier molecular flexibility index (Phi) is 18.1. The molecule has 2 atom stereocenters. The first kappa shape index (κ1) is 22.9. The van der Waals surface area contributed by atoms with Crippen molar-refractivity contribution in [2.45, 2.75) is 103 Å². The summed E-state index contributed by atoms with van der Waals surface area (Å²) in [5, 5.41) is 17.8. The Morgan fingerprint density at radius 2 is 1.30 bits per heavy atom. The van der Waals surface area contributed by atoms with Crippen LogP contribution in [0.1, 0.15) is 97.3 Å². The van der Waals surface area contributed by atoms with Crippen LogP contribution in [0.2, 0.25) is 0 Å². The standard InChI is InChI=1S/C20H42O3/c1-3-4-5-11-14-19(2)15-12-9-7-6-8-10-13-16-23-18-20(22)17-21/h19-22H,3-18H2,1-2H3/t19-,20-/m0/s1. The van der Waals surface area contributed by atoms with Gasteiger partial charge in [-0.2, -0.15) is 0 Å². The quantitative estimate of drug-likeness (QED) is 0.344. The highest BCUT2D eigenvalue weighted by atomic mass is 16.5. The highest BCUT2D eigenvalue weighted by Gasteiger charge is 2.02. The van der Waals surface area contributed by atoms with Crippen molar-refractivity contribution in [1.29, 1.82) is 0 Å². The van der Waals surface area contributed by atoms with Crippen LogP contribution in [-0.4, -0.2) is 36.1 Å². The minimum atomic E-state index is -0.718. The zero-order chi connectivity index (χ0) is 17.2. The summed E-state index contributed by atoms with van der Waals surface area (Å²) in [5.74, 6) is 0.915. The van der Waals surface area contributed by atoms with Crippen molar-refractivity contribution in [3.63, 3.8) is 0 Å². The smallest absolute Gasteiger partial charge is 0.100 e. The predicted octanol–water partition coefficient (Wildman–Crippen LogP) is 5.08. The summed E-state index contributed by atoms with van der Waals surface area (Å²) in [6.45, 7) is 5.44. The fourth-order valence-corrected chi connectivity index (χ4v) is 2.92. The van der Waals surface area contributed by atoms with Crippen LogP contribution in [0, 0.1) is 5.92 Å². The second-order valence-electron chi connectivity index (χ2n) is 7.13. The normalized spacial score (nSPS) is 14.1. The minimum Gasteiger partial charge on any atom is -0.394 e. The summed E-state index contributed by atoms with van der Waals surface area (Å²) in [7, 11) is 0. The Morgan fingerprint density at radius 1 is 0.783 bits per heavy atom. The lowest BCUT2D eigenvalue weighted by molar-refractivity contribution is 0.00526. The van der Waals surface area contributed by atoms with Crippen LogP contribution in [-0.2, 0) is 4.74 Å². The Hall–Kier alpha value is -0.120. The molecule has 0 rings (SSSR count). The molecule has 0 saturated heterocycles. The van der Waals surface area contributed by atoms with Gasteiger partial charge in [0.15, 0.2) is 0 Å². The third-order valence-corrected chi connectivity index (χ3v) is 4.56. The lowest BCUT2D eigenvalue weighted by atomic mass is 9.96. The molecule has 0 amide bonds. The van der Waals surface area contributed by atoms with Crippen molar-refractivity contribution in [3.8, 4) is 0 Å². The number of hydrogen-bond acceptors (Lipinski definition) is 3. The lowest BCUT2D eigenvalue weighted by Gasteiger charge is -2.11. The third kappa shape index (κ3) is 18.1. The molecule has 3 heteroatoms. The highest BCUT2D eigenvalue weighted by molar-refractivity contribution is 4.55. The van der Waals surface area contributed by atoms with E-state index in [0.29, 0.717) is 6.61 Å². The summed E-state index contributed by atoms with van der Waals surface area (Å²) < 4.78 is 5.30. The van der Waals surface area contributed by atoms with Gasteiger partial charge >= 0.3 is 0 Å². The molecule has 0 aliphatic carbocycles. The van der Waals surface area contributed by atoms with Gasteiger partial charge in [-0.25, -0.2) is 0 Å².